The van der Waals surface area contributed by atoms with Gasteiger partial charge in [0.05, 0.1) is 30.4 Å². The van der Waals surface area contributed by atoms with Crippen LogP contribution in [0.1, 0.15) is 18.2 Å². The Morgan fingerprint density at radius 2 is 1.89 bits per heavy atom. The molecule has 6 heteroatoms. The molecular formula is C21H23N3O3. The number of carbonyl (C=O) groups excluding carboxylic acids is 1. The first-order valence-electron chi connectivity index (χ1n) is 9.10. The number of fused-ring (bicyclic) bond motifs is 1. The molecule has 27 heavy (non-hydrogen) atoms. The molecule has 3 aromatic rings. The van der Waals surface area contributed by atoms with E-state index in [2.05, 4.69) is 10.6 Å². The van der Waals surface area contributed by atoms with Gasteiger partial charge in [0.1, 0.15) is 11.6 Å². The average Bonchev–Trinajstić information content (AvgIpc) is 3.26. The first-order chi connectivity index (χ1) is 13.2. The van der Waals surface area contributed by atoms with E-state index in [1.54, 1.807) is 14.2 Å². The number of nitrogens with zero attached hydrogens (tertiary/aromatic N) is 3. The molecule has 4 rings (SSSR count). The van der Waals surface area contributed by atoms with Gasteiger partial charge in [0.25, 0.3) is 0 Å². The average molecular weight is 365 g/mol. The molecule has 1 aliphatic rings. The Balaban J connectivity index is 1.69. The summed E-state index contributed by atoms with van der Waals surface area (Å²) < 4.78 is 12.9. The van der Waals surface area contributed by atoms with Crippen LogP contribution in [0.4, 0.5) is 5.69 Å². The third kappa shape index (κ3) is 3.17. The number of methoxy groups -OCH3 is 2. The maximum atomic E-state index is 12.8. The lowest BCUT2D eigenvalue weighted by molar-refractivity contribution is -0.117. The molecule has 2 heterocycles. The Labute approximate surface area is 158 Å². The summed E-state index contributed by atoms with van der Waals surface area (Å²) in [5, 5.41) is 0. The molecule has 0 radical (unpaired) electrons. The summed E-state index contributed by atoms with van der Waals surface area (Å²) in [6, 6.07) is 15.7. The summed E-state index contributed by atoms with van der Waals surface area (Å²) in [4.78, 5) is 19.4. The van der Waals surface area contributed by atoms with Crippen molar-refractivity contribution >= 4 is 22.6 Å². The van der Waals surface area contributed by atoms with Gasteiger partial charge in [-0.2, -0.15) is 0 Å². The van der Waals surface area contributed by atoms with Crippen LogP contribution in [0, 0.1) is 0 Å². The fourth-order valence-corrected chi connectivity index (χ4v) is 3.79. The van der Waals surface area contributed by atoms with Crippen LogP contribution < -0.4 is 9.64 Å². The standard InChI is InChI=1S/C21H23N3O3/c1-26-12-11-23-17-8-4-3-7-16(17)22-21(23)15-13-20(25)24(14-15)18-9-5-6-10-19(18)27-2/h3-10,15H,11-14H2,1-2H3/t15-/m1/s1. The molecule has 0 bridgehead atoms. The van der Waals surface area contributed by atoms with E-state index in [-0.39, 0.29) is 11.8 Å². The summed E-state index contributed by atoms with van der Waals surface area (Å²) in [6.45, 7) is 1.91. The number of carbonyl (C=O) groups is 1. The summed E-state index contributed by atoms with van der Waals surface area (Å²) in [7, 11) is 3.32. The minimum atomic E-state index is 0.0340. The van der Waals surface area contributed by atoms with E-state index in [1.807, 2.05) is 47.4 Å². The monoisotopic (exact) mass is 365 g/mol. The number of hydrogen-bond donors (Lipinski definition) is 0. The molecule has 1 saturated heterocycles. The molecule has 140 valence electrons. The van der Waals surface area contributed by atoms with Crippen LogP contribution in [0.2, 0.25) is 0 Å². The van der Waals surface area contributed by atoms with E-state index in [0.717, 1.165) is 22.5 Å². The fourth-order valence-electron chi connectivity index (χ4n) is 3.79. The summed E-state index contributed by atoms with van der Waals surface area (Å²) in [5.74, 6) is 1.78. The smallest absolute Gasteiger partial charge is 0.227 e. The Kier molecular flexibility index (Phi) is 4.81. The summed E-state index contributed by atoms with van der Waals surface area (Å²) in [5.41, 5.74) is 2.84. The molecule has 0 N–H and O–H groups in total. The Morgan fingerprint density at radius 3 is 2.70 bits per heavy atom. The molecule has 1 aliphatic heterocycles. The van der Waals surface area contributed by atoms with E-state index >= 15 is 0 Å². The van der Waals surface area contributed by atoms with Crippen molar-refractivity contribution in [2.45, 2.75) is 18.9 Å². The van der Waals surface area contributed by atoms with Crippen molar-refractivity contribution < 1.29 is 14.3 Å². The highest BCUT2D eigenvalue weighted by Crippen LogP contribution is 2.36. The second-order valence-corrected chi connectivity index (χ2v) is 6.68. The lowest BCUT2D eigenvalue weighted by atomic mass is 10.1. The summed E-state index contributed by atoms with van der Waals surface area (Å²) in [6.07, 6.45) is 0.439. The minimum Gasteiger partial charge on any atom is -0.495 e. The number of imidazole rings is 1. The van der Waals surface area contributed by atoms with Gasteiger partial charge < -0.3 is 18.9 Å². The number of hydrogen-bond acceptors (Lipinski definition) is 4. The minimum absolute atomic E-state index is 0.0340. The second-order valence-electron chi connectivity index (χ2n) is 6.68. The predicted molar refractivity (Wildman–Crippen MR) is 104 cm³/mol. The number of amides is 1. The number of benzene rings is 2. The number of para-hydroxylation sites is 4. The van der Waals surface area contributed by atoms with E-state index in [1.165, 1.54) is 0 Å². The highest BCUT2D eigenvalue weighted by molar-refractivity contribution is 5.97. The topological polar surface area (TPSA) is 56.6 Å². The Hall–Kier alpha value is -2.86. The normalized spacial score (nSPS) is 17.0. The van der Waals surface area contributed by atoms with Crippen molar-refractivity contribution in [3.8, 4) is 5.75 Å². The molecule has 1 aromatic heterocycles. The van der Waals surface area contributed by atoms with Crippen LogP contribution in [-0.4, -0.2) is 42.8 Å². The van der Waals surface area contributed by atoms with Crippen molar-refractivity contribution in [3.63, 3.8) is 0 Å². The fraction of sp³-hybridized carbons (Fsp3) is 0.333. The molecular weight excluding hydrogens is 342 g/mol. The van der Waals surface area contributed by atoms with E-state index < -0.39 is 0 Å². The van der Waals surface area contributed by atoms with Crippen molar-refractivity contribution in [2.75, 3.05) is 32.3 Å². The zero-order valence-corrected chi connectivity index (χ0v) is 15.6. The number of aromatic nitrogens is 2. The SMILES string of the molecule is COCCn1c([C@@H]2CC(=O)N(c3ccccc3OC)C2)nc2ccccc21. The molecule has 0 unspecified atom stereocenters. The molecule has 6 nitrogen and oxygen atoms in total. The maximum absolute atomic E-state index is 12.8. The van der Waals surface area contributed by atoms with E-state index in [9.17, 15) is 4.79 Å². The van der Waals surface area contributed by atoms with Crippen molar-refractivity contribution in [2.24, 2.45) is 0 Å². The van der Waals surface area contributed by atoms with Gasteiger partial charge >= 0.3 is 0 Å². The lowest BCUT2D eigenvalue weighted by Gasteiger charge is -2.19. The molecule has 0 spiro atoms. The third-order valence-corrected chi connectivity index (χ3v) is 5.07. The molecule has 1 fully saturated rings. The van der Waals surface area contributed by atoms with Crippen LogP contribution in [0.25, 0.3) is 11.0 Å². The third-order valence-electron chi connectivity index (χ3n) is 5.07. The first-order valence-corrected chi connectivity index (χ1v) is 9.10. The zero-order valence-electron chi connectivity index (χ0n) is 15.6. The van der Waals surface area contributed by atoms with E-state index in [0.29, 0.717) is 31.9 Å². The van der Waals surface area contributed by atoms with Gasteiger partial charge in [-0.15, -0.1) is 0 Å². The van der Waals surface area contributed by atoms with Crippen LogP contribution in [0.3, 0.4) is 0 Å². The predicted octanol–water partition coefficient (Wildman–Crippen LogP) is 3.21. The molecule has 1 amide bonds. The Bertz CT molecular complexity index is 966. The summed E-state index contributed by atoms with van der Waals surface area (Å²) >= 11 is 0. The van der Waals surface area contributed by atoms with Gasteiger partial charge in [-0.25, -0.2) is 4.98 Å². The van der Waals surface area contributed by atoms with E-state index in [4.69, 9.17) is 14.5 Å². The Morgan fingerprint density at radius 1 is 1.11 bits per heavy atom. The molecule has 0 aliphatic carbocycles. The first kappa shape index (κ1) is 17.5. The quantitative estimate of drug-likeness (QED) is 0.673. The van der Waals surface area contributed by atoms with Gasteiger partial charge in [0, 0.05) is 32.5 Å². The molecule has 0 saturated carbocycles. The number of ether oxygens (including phenoxy) is 2. The largest absolute Gasteiger partial charge is 0.495 e. The van der Waals surface area contributed by atoms with Crippen LogP contribution >= 0.6 is 0 Å². The lowest BCUT2D eigenvalue weighted by Crippen LogP contribution is -2.25. The molecule has 2 aromatic carbocycles. The van der Waals surface area contributed by atoms with Crippen molar-refractivity contribution in [1.29, 1.82) is 0 Å². The van der Waals surface area contributed by atoms with Crippen LogP contribution in [0.15, 0.2) is 48.5 Å². The van der Waals surface area contributed by atoms with Gasteiger partial charge in [-0.1, -0.05) is 24.3 Å². The second kappa shape index (κ2) is 7.40. The highest BCUT2D eigenvalue weighted by atomic mass is 16.5. The van der Waals surface area contributed by atoms with Gasteiger partial charge in [-0.05, 0) is 24.3 Å². The maximum Gasteiger partial charge on any atom is 0.227 e. The number of anilines is 1. The van der Waals surface area contributed by atoms with Crippen molar-refractivity contribution in [3.05, 3.63) is 54.4 Å². The molecule has 1 atom stereocenters. The number of rotatable bonds is 6. The van der Waals surface area contributed by atoms with Gasteiger partial charge in [-0.3, -0.25) is 4.79 Å². The van der Waals surface area contributed by atoms with Crippen molar-refractivity contribution in [1.82, 2.24) is 9.55 Å². The van der Waals surface area contributed by atoms with Gasteiger partial charge in [0.15, 0.2) is 0 Å². The van der Waals surface area contributed by atoms with Crippen LogP contribution in [0.5, 0.6) is 5.75 Å². The highest BCUT2D eigenvalue weighted by Gasteiger charge is 2.35. The zero-order chi connectivity index (χ0) is 18.8. The van der Waals surface area contributed by atoms with Gasteiger partial charge in [0.2, 0.25) is 5.91 Å². The van der Waals surface area contributed by atoms with Crippen LogP contribution in [-0.2, 0) is 16.1 Å².